The van der Waals surface area contributed by atoms with E-state index < -0.39 is 21.8 Å². The lowest BCUT2D eigenvalue weighted by Crippen LogP contribution is -2.21. The van der Waals surface area contributed by atoms with Crippen molar-refractivity contribution in [3.63, 3.8) is 0 Å². The molecule has 0 spiro atoms. The van der Waals surface area contributed by atoms with Crippen LogP contribution in [0.5, 0.6) is 0 Å². The Bertz CT molecular complexity index is 547. The maximum absolute atomic E-state index is 12.0. The van der Waals surface area contributed by atoms with Gasteiger partial charge in [-0.05, 0) is 12.1 Å². The summed E-state index contributed by atoms with van der Waals surface area (Å²) in [6.07, 6.45) is -3.21. The molecule has 0 aliphatic rings. The predicted octanol–water partition coefficient (Wildman–Crippen LogP) is 2.28. The fraction of sp³-hybridized carbons (Fsp3) is 0.250. The van der Waals surface area contributed by atoms with Crippen molar-refractivity contribution in [2.75, 3.05) is 6.26 Å². The van der Waals surface area contributed by atoms with E-state index in [-0.39, 0.29) is 10.0 Å². The van der Waals surface area contributed by atoms with Crippen LogP contribution in [0.1, 0.15) is 0 Å². The number of rotatable bonds is 1. The Kier molecular flexibility index (Phi) is 3.78. The van der Waals surface area contributed by atoms with E-state index in [0.717, 1.165) is 12.5 Å². The number of carbonyl (C=O) groups excluding carboxylic acids is 1. The van der Waals surface area contributed by atoms with Crippen molar-refractivity contribution in [3.8, 4) is 0 Å². The molecule has 0 radical (unpaired) electrons. The molecule has 9 heteroatoms. The predicted molar refractivity (Wildman–Crippen MR) is 55.1 cm³/mol. The molecule has 94 valence electrons. The molecule has 1 aromatic rings. The zero-order valence-electron chi connectivity index (χ0n) is 8.36. The van der Waals surface area contributed by atoms with Gasteiger partial charge < -0.3 is 0 Å². The third kappa shape index (κ3) is 3.67. The third-order valence-electron chi connectivity index (χ3n) is 1.64. The highest BCUT2D eigenvalue weighted by Gasteiger charge is 2.39. The number of hydrogen-bond acceptors (Lipinski definition) is 3. The van der Waals surface area contributed by atoms with E-state index in [1.54, 1.807) is 0 Å². The van der Waals surface area contributed by atoms with Crippen LogP contribution in [0.25, 0.3) is 0 Å². The highest BCUT2D eigenvalue weighted by atomic mass is 35.5. The molecule has 0 bridgehead atoms. The Morgan fingerprint density at radius 3 is 2.47 bits per heavy atom. The van der Waals surface area contributed by atoms with Crippen LogP contribution in [0.15, 0.2) is 27.6 Å². The van der Waals surface area contributed by atoms with Gasteiger partial charge >= 0.3 is 12.1 Å². The molecule has 0 aliphatic carbocycles. The molecule has 1 atom stereocenters. The first-order valence-electron chi connectivity index (χ1n) is 4.08. The van der Waals surface area contributed by atoms with Crippen LogP contribution < -0.4 is 0 Å². The molecule has 17 heavy (non-hydrogen) atoms. The quantitative estimate of drug-likeness (QED) is 0.744. The van der Waals surface area contributed by atoms with Crippen LogP contribution in [0.2, 0.25) is 5.15 Å². The van der Waals surface area contributed by atoms with Crippen LogP contribution in [0.4, 0.5) is 13.2 Å². The van der Waals surface area contributed by atoms with Crippen molar-refractivity contribution in [3.05, 3.63) is 23.5 Å². The normalized spacial score (nSPS) is 15.1. The fourth-order valence-electron chi connectivity index (χ4n) is 0.849. The minimum Gasteiger partial charge on any atom is -0.261 e. The summed E-state index contributed by atoms with van der Waals surface area (Å²) < 4.78 is 50.3. The number of nitrogens with zero attached hydrogens (tertiary/aromatic N) is 2. The SMILES string of the molecule is CS(=O)(=NC(=O)C(F)(F)F)c1ccc(Cl)nc1. The van der Waals surface area contributed by atoms with Gasteiger partial charge in [0.15, 0.2) is 0 Å². The summed E-state index contributed by atoms with van der Waals surface area (Å²) in [5.41, 5.74) is 0. The van der Waals surface area contributed by atoms with Gasteiger partial charge in [-0.25, -0.2) is 9.19 Å². The fourth-order valence-corrected chi connectivity index (χ4v) is 2.05. The highest BCUT2D eigenvalue weighted by molar-refractivity contribution is 7.93. The summed E-state index contributed by atoms with van der Waals surface area (Å²) in [6.45, 7) is 0. The second-order valence-corrected chi connectivity index (χ2v) is 5.66. The lowest BCUT2D eigenvalue weighted by atomic mass is 10.5. The van der Waals surface area contributed by atoms with Gasteiger partial charge in [0.2, 0.25) is 0 Å². The number of hydrogen-bond donors (Lipinski definition) is 0. The average molecular weight is 287 g/mol. The van der Waals surface area contributed by atoms with E-state index in [9.17, 15) is 22.2 Å². The molecule has 1 rings (SSSR count). The van der Waals surface area contributed by atoms with Gasteiger partial charge in [0.25, 0.3) is 0 Å². The maximum atomic E-state index is 12.0. The van der Waals surface area contributed by atoms with Gasteiger partial charge in [0, 0.05) is 12.5 Å². The van der Waals surface area contributed by atoms with Crippen molar-refractivity contribution < 1.29 is 22.2 Å². The smallest absolute Gasteiger partial charge is 0.261 e. The molecule has 0 saturated carbocycles. The van der Waals surface area contributed by atoms with Crippen molar-refractivity contribution in [1.82, 2.24) is 4.98 Å². The minimum absolute atomic E-state index is 0.0890. The number of aromatic nitrogens is 1. The van der Waals surface area contributed by atoms with Crippen LogP contribution in [-0.4, -0.2) is 27.5 Å². The van der Waals surface area contributed by atoms with E-state index in [4.69, 9.17) is 11.6 Å². The van der Waals surface area contributed by atoms with Crippen LogP contribution in [0, 0.1) is 0 Å². The second kappa shape index (κ2) is 4.61. The molecule has 1 heterocycles. The molecule has 0 fully saturated rings. The Balaban J connectivity index is 3.20. The summed E-state index contributed by atoms with van der Waals surface area (Å²) >= 11 is 5.46. The molecule has 1 aromatic heterocycles. The Hall–Kier alpha value is -1.15. The van der Waals surface area contributed by atoms with E-state index >= 15 is 0 Å². The summed E-state index contributed by atoms with van der Waals surface area (Å²) in [5.74, 6) is -2.39. The molecular formula is C8H6ClF3N2O2S. The van der Waals surface area contributed by atoms with Crippen molar-refractivity contribution in [1.29, 1.82) is 0 Å². The highest BCUT2D eigenvalue weighted by Crippen LogP contribution is 2.20. The standard InChI is InChI=1S/C8H6ClF3N2O2S/c1-17(16,14-7(15)8(10,11)12)5-2-3-6(9)13-4-5/h2-4H,1H3. The third-order valence-corrected chi connectivity index (χ3v) is 3.49. The topological polar surface area (TPSA) is 59.4 Å². The lowest BCUT2D eigenvalue weighted by molar-refractivity contribution is -0.169. The first kappa shape index (κ1) is 13.9. The number of pyridine rings is 1. The molecule has 4 nitrogen and oxygen atoms in total. The van der Waals surface area contributed by atoms with E-state index in [0.29, 0.717) is 0 Å². The van der Waals surface area contributed by atoms with Crippen molar-refractivity contribution in [2.45, 2.75) is 11.1 Å². The van der Waals surface area contributed by atoms with Crippen LogP contribution in [-0.2, 0) is 14.5 Å². The number of halogens is 4. The molecule has 1 unspecified atom stereocenters. The monoisotopic (exact) mass is 286 g/mol. The van der Waals surface area contributed by atoms with Crippen LogP contribution in [0.3, 0.4) is 0 Å². The van der Waals surface area contributed by atoms with Crippen molar-refractivity contribution in [2.24, 2.45) is 4.36 Å². The van der Waals surface area contributed by atoms with Gasteiger partial charge in [0.05, 0.1) is 14.6 Å². The first-order valence-corrected chi connectivity index (χ1v) is 6.38. The van der Waals surface area contributed by atoms with E-state index in [2.05, 4.69) is 9.35 Å². The minimum atomic E-state index is -5.14. The second-order valence-electron chi connectivity index (χ2n) is 3.01. The Morgan fingerprint density at radius 2 is 2.06 bits per heavy atom. The number of carbonyl (C=O) groups is 1. The molecule has 0 saturated heterocycles. The lowest BCUT2D eigenvalue weighted by Gasteiger charge is -2.05. The zero-order valence-corrected chi connectivity index (χ0v) is 9.94. The van der Waals surface area contributed by atoms with Gasteiger partial charge in [0.1, 0.15) is 5.15 Å². The molecule has 1 amide bonds. The summed E-state index contributed by atoms with van der Waals surface area (Å²) in [7, 11) is -3.48. The number of amides is 1. The van der Waals surface area contributed by atoms with Crippen LogP contribution >= 0.6 is 11.6 Å². The zero-order chi connectivity index (χ0) is 13.3. The van der Waals surface area contributed by atoms with Gasteiger partial charge in [-0.2, -0.15) is 13.2 Å². The molecule has 0 N–H and O–H groups in total. The van der Waals surface area contributed by atoms with E-state index in [1.807, 2.05) is 0 Å². The molecule has 0 aromatic carbocycles. The summed E-state index contributed by atoms with van der Waals surface area (Å²) in [4.78, 5) is 14.1. The summed E-state index contributed by atoms with van der Waals surface area (Å²) in [6, 6.07) is 2.44. The van der Waals surface area contributed by atoms with E-state index in [1.165, 1.54) is 12.1 Å². The van der Waals surface area contributed by atoms with Gasteiger partial charge in [-0.15, -0.1) is 4.36 Å². The maximum Gasteiger partial charge on any atom is 0.474 e. The van der Waals surface area contributed by atoms with Gasteiger partial charge in [-0.3, -0.25) is 4.79 Å². The average Bonchev–Trinajstić information content (AvgIpc) is 2.16. The molecule has 0 aliphatic heterocycles. The number of alkyl halides is 3. The van der Waals surface area contributed by atoms with Crippen molar-refractivity contribution >= 4 is 27.2 Å². The first-order chi connectivity index (χ1) is 7.63. The Morgan fingerprint density at radius 1 is 1.47 bits per heavy atom. The van der Waals surface area contributed by atoms with Gasteiger partial charge in [-0.1, -0.05) is 11.6 Å². The Labute approximate surface area is 100.0 Å². The summed E-state index contributed by atoms with van der Waals surface area (Å²) in [5, 5.41) is 0.0890. The molecular weight excluding hydrogens is 281 g/mol. The largest absolute Gasteiger partial charge is 0.474 e.